The number of rotatable bonds is 0. The molecule has 1 aromatic carbocycles. The van der Waals surface area contributed by atoms with Crippen molar-refractivity contribution in [3.8, 4) is 5.75 Å². The van der Waals surface area contributed by atoms with Crippen LogP contribution in [0.3, 0.4) is 0 Å². The minimum atomic E-state index is 0.143. The third kappa shape index (κ3) is 2.29. The fraction of sp³-hybridized carbons (Fsp3) is 0.700. The van der Waals surface area contributed by atoms with Crippen LogP contribution in [0.5, 0.6) is 5.75 Å². The maximum absolute atomic E-state index is 6.33. The summed E-state index contributed by atoms with van der Waals surface area (Å²) in [6, 6.07) is 4.70. The molecule has 1 heterocycles. The van der Waals surface area contributed by atoms with Crippen LogP contribution in [-0.4, -0.2) is 6.61 Å². The van der Waals surface area contributed by atoms with E-state index >= 15 is 0 Å². The van der Waals surface area contributed by atoms with E-state index in [4.69, 9.17) is 4.74 Å². The second-order valence-electron chi connectivity index (χ2n) is 9.14. The maximum Gasteiger partial charge on any atom is 0.127 e. The molecule has 2 aliphatic rings. The third-order valence-corrected chi connectivity index (χ3v) is 5.36. The zero-order valence-electron chi connectivity index (χ0n) is 14.6. The smallest absolute Gasteiger partial charge is 0.127 e. The highest BCUT2D eigenvalue weighted by molar-refractivity contribution is 5.57. The molecule has 3 rings (SSSR count). The second-order valence-corrected chi connectivity index (χ2v) is 9.14. The zero-order chi connectivity index (χ0) is 15.5. The van der Waals surface area contributed by atoms with Crippen LogP contribution in [0.2, 0.25) is 0 Å². The lowest BCUT2D eigenvalue weighted by Gasteiger charge is -2.31. The summed E-state index contributed by atoms with van der Waals surface area (Å²) in [5.74, 6) is 1.22. The van der Waals surface area contributed by atoms with Gasteiger partial charge in [0.1, 0.15) is 5.75 Å². The van der Waals surface area contributed by atoms with E-state index in [2.05, 4.69) is 53.7 Å². The highest BCUT2D eigenvalue weighted by atomic mass is 16.5. The van der Waals surface area contributed by atoms with Crippen molar-refractivity contribution in [3.63, 3.8) is 0 Å². The van der Waals surface area contributed by atoms with E-state index in [1.807, 2.05) is 0 Å². The molecule has 116 valence electrons. The minimum absolute atomic E-state index is 0.143. The molecule has 0 bridgehead atoms. The Balaban J connectivity index is 2.26. The molecule has 1 nitrogen and oxygen atoms in total. The molecule has 21 heavy (non-hydrogen) atoms. The van der Waals surface area contributed by atoms with E-state index in [-0.39, 0.29) is 10.8 Å². The molecule has 0 radical (unpaired) electrons. The average molecular weight is 286 g/mol. The Labute approximate surface area is 130 Å². The predicted octanol–water partition coefficient (Wildman–Crippen LogP) is 5.49. The lowest BCUT2D eigenvalue weighted by Crippen LogP contribution is -2.28. The van der Waals surface area contributed by atoms with Crippen molar-refractivity contribution in [2.45, 2.75) is 83.5 Å². The van der Waals surface area contributed by atoms with Gasteiger partial charge >= 0.3 is 0 Å². The van der Waals surface area contributed by atoms with E-state index in [9.17, 15) is 0 Å². The van der Waals surface area contributed by atoms with Crippen molar-refractivity contribution in [2.75, 3.05) is 6.61 Å². The van der Waals surface area contributed by atoms with Gasteiger partial charge in [0.2, 0.25) is 0 Å². The molecule has 0 unspecified atom stereocenters. The normalized spacial score (nSPS) is 20.7. The van der Waals surface area contributed by atoms with Crippen molar-refractivity contribution < 1.29 is 4.74 Å². The summed E-state index contributed by atoms with van der Waals surface area (Å²) >= 11 is 0. The first kappa shape index (κ1) is 14.9. The number of fused-ring (bicyclic) bond motifs is 2. The fourth-order valence-electron chi connectivity index (χ4n) is 4.20. The van der Waals surface area contributed by atoms with Crippen molar-refractivity contribution in [3.05, 3.63) is 28.8 Å². The number of ether oxygens (including phenoxy) is 1. The van der Waals surface area contributed by atoms with Gasteiger partial charge in [0.25, 0.3) is 0 Å². The highest BCUT2D eigenvalue weighted by Gasteiger charge is 2.47. The number of hydrogen-bond donors (Lipinski definition) is 0. The van der Waals surface area contributed by atoms with Crippen LogP contribution < -0.4 is 4.74 Å². The van der Waals surface area contributed by atoms with E-state index in [1.165, 1.54) is 42.6 Å². The molecule has 1 heteroatoms. The molecule has 0 atom stereocenters. The molecule has 0 N–H and O–H groups in total. The van der Waals surface area contributed by atoms with Gasteiger partial charge in [-0.25, -0.2) is 0 Å². The van der Waals surface area contributed by atoms with Gasteiger partial charge in [-0.2, -0.15) is 0 Å². The summed E-state index contributed by atoms with van der Waals surface area (Å²) in [4.78, 5) is 0. The summed E-state index contributed by atoms with van der Waals surface area (Å²) < 4.78 is 6.33. The van der Waals surface area contributed by atoms with Gasteiger partial charge in [0.15, 0.2) is 0 Å². The van der Waals surface area contributed by atoms with Crippen molar-refractivity contribution >= 4 is 0 Å². The second kappa shape index (κ2) is 4.51. The van der Waals surface area contributed by atoms with Crippen LogP contribution >= 0.6 is 0 Å². The van der Waals surface area contributed by atoms with Crippen LogP contribution in [0.15, 0.2) is 12.1 Å². The van der Waals surface area contributed by atoms with Gasteiger partial charge in [-0.3, -0.25) is 0 Å². The van der Waals surface area contributed by atoms with Crippen molar-refractivity contribution in [2.24, 2.45) is 0 Å². The monoisotopic (exact) mass is 286 g/mol. The van der Waals surface area contributed by atoms with Crippen molar-refractivity contribution in [1.29, 1.82) is 0 Å². The van der Waals surface area contributed by atoms with Crippen LogP contribution in [0, 0.1) is 0 Å². The van der Waals surface area contributed by atoms with E-state index in [1.54, 1.807) is 5.56 Å². The summed E-state index contributed by atoms with van der Waals surface area (Å²) in [6.45, 7) is 14.8. The fourth-order valence-corrected chi connectivity index (χ4v) is 4.20. The van der Waals surface area contributed by atoms with Crippen LogP contribution in [-0.2, 0) is 16.2 Å². The standard InChI is InChI=1S/C20H30O/c1-18(2,3)14-9-10-15(19(4,5)6)17-16(14)20(13-21-17)11-7-8-12-20/h9-10H,7-8,11-13H2,1-6H3. The number of benzene rings is 1. The number of hydrogen-bond acceptors (Lipinski definition) is 1. The maximum atomic E-state index is 6.33. The lowest BCUT2D eigenvalue weighted by atomic mass is 9.70. The SMILES string of the molecule is CC(C)(C)c1ccc(C(C)(C)C)c2c1OCC21CCCC1. The molecule has 1 aromatic rings. The molecule has 0 amide bonds. The zero-order valence-corrected chi connectivity index (χ0v) is 14.6. The van der Waals surface area contributed by atoms with Crippen LogP contribution in [0.25, 0.3) is 0 Å². The predicted molar refractivity (Wildman–Crippen MR) is 89.5 cm³/mol. The Morgan fingerprint density at radius 2 is 1.38 bits per heavy atom. The molecule has 0 saturated heterocycles. The van der Waals surface area contributed by atoms with E-state index in [0.717, 1.165) is 6.61 Å². The molecule has 0 aromatic heterocycles. The quantitative estimate of drug-likeness (QED) is 0.613. The summed E-state index contributed by atoms with van der Waals surface area (Å²) in [5.41, 5.74) is 5.08. The first-order chi connectivity index (χ1) is 9.65. The molecule has 1 aliphatic carbocycles. The Bertz CT molecular complexity index is 548. The summed E-state index contributed by atoms with van der Waals surface area (Å²) in [7, 11) is 0. The molecule has 1 aliphatic heterocycles. The van der Waals surface area contributed by atoms with Crippen LogP contribution in [0.4, 0.5) is 0 Å². The molecule has 1 saturated carbocycles. The molecule has 1 fully saturated rings. The van der Waals surface area contributed by atoms with Gasteiger partial charge in [-0.1, -0.05) is 66.5 Å². The summed E-state index contributed by atoms with van der Waals surface area (Å²) in [6.07, 6.45) is 5.31. The molecular formula is C20H30O. The van der Waals surface area contributed by atoms with Gasteiger partial charge < -0.3 is 4.74 Å². The average Bonchev–Trinajstić information content (AvgIpc) is 2.96. The van der Waals surface area contributed by atoms with Crippen LogP contribution in [0.1, 0.15) is 83.9 Å². The Kier molecular flexibility index (Phi) is 3.21. The first-order valence-electron chi connectivity index (χ1n) is 8.46. The third-order valence-electron chi connectivity index (χ3n) is 5.36. The van der Waals surface area contributed by atoms with E-state index < -0.39 is 0 Å². The summed E-state index contributed by atoms with van der Waals surface area (Å²) in [5, 5.41) is 0. The van der Waals surface area contributed by atoms with Gasteiger partial charge in [0.05, 0.1) is 6.61 Å². The molecular weight excluding hydrogens is 256 g/mol. The first-order valence-corrected chi connectivity index (χ1v) is 8.46. The lowest BCUT2D eigenvalue weighted by molar-refractivity contribution is 0.263. The largest absolute Gasteiger partial charge is 0.492 e. The van der Waals surface area contributed by atoms with Gasteiger partial charge in [0, 0.05) is 11.0 Å². The van der Waals surface area contributed by atoms with E-state index in [0.29, 0.717) is 5.41 Å². The topological polar surface area (TPSA) is 9.23 Å². The Hall–Kier alpha value is -0.980. The highest BCUT2D eigenvalue weighted by Crippen LogP contribution is 2.55. The Morgan fingerprint density at radius 1 is 0.857 bits per heavy atom. The van der Waals surface area contributed by atoms with Gasteiger partial charge in [-0.05, 0) is 34.8 Å². The Morgan fingerprint density at radius 3 is 1.90 bits per heavy atom. The molecule has 1 spiro atoms. The minimum Gasteiger partial charge on any atom is -0.492 e. The van der Waals surface area contributed by atoms with Gasteiger partial charge in [-0.15, -0.1) is 0 Å². The van der Waals surface area contributed by atoms with Crippen molar-refractivity contribution in [1.82, 2.24) is 0 Å².